The van der Waals surface area contributed by atoms with Crippen molar-refractivity contribution in [3.8, 4) is 0 Å². The molecule has 0 aromatic carbocycles. The Hall–Kier alpha value is -0.120. The second-order valence-corrected chi connectivity index (χ2v) is 5.39. The summed E-state index contributed by atoms with van der Waals surface area (Å²) in [6, 6.07) is 0.800. The highest BCUT2D eigenvalue weighted by molar-refractivity contribution is 4.82. The van der Waals surface area contributed by atoms with E-state index in [9.17, 15) is 0 Å². The Morgan fingerprint density at radius 3 is 2.65 bits per heavy atom. The number of ether oxygens (including phenoxy) is 1. The van der Waals surface area contributed by atoms with Crippen molar-refractivity contribution >= 4 is 0 Å². The lowest BCUT2D eigenvalue weighted by Gasteiger charge is -2.32. The van der Waals surface area contributed by atoms with Gasteiger partial charge in [-0.25, -0.2) is 0 Å². The predicted octanol–water partition coefficient (Wildman–Crippen LogP) is 1.97. The minimum Gasteiger partial charge on any atom is -0.380 e. The molecule has 2 saturated heterocycles. The topological polar surface area (TPSA) is 15.7 Å². The zero-order chi connectivity index (χ0) is 11.9. The summed E-state index contributed by atoms with van der Waals surface area (Å²) in [5, 5.41) is 0. The first-order chi connectivity index (χ1) is 8.40. The molecule has 2 aliphatic heterocycles. The quantitative estimate of drug-likeness (QED) is 0.660. The van der Waals surface area contributed by atoms with Crippen molar-refractivity contribution in [2.45, 2.75) is 45.1 Å². The summed E-state index contributed by atoms with van der Waals surface area (Å²) in [5.41, 5.74) is 0. The number of rotatable bonds is 6. The molecule has 2 rings (SSSR count). The van der Waals surface area contributed by atoms with Crippen LogP contribution < -0.4 is 0 Å². The molecule has 17 heavy (non-hydrogen) atoms. The average molecular weight is 240 g/mol. The van der Waals surface area contributed by atoms with E-state index < -0.39 is 0 Å². The highest BCUT2D eigenvalue weighted by Crippen LogP contribution is 2.19. The fourth-order valence-corrected chi connectivity index (χ4v) is 3.16. The van der Waals surface area contributed by atoms with Gasteiger partial charge >= 0.3 is 0 Å². The zero-order valence-corrected chi connectivity index (χ0v) is 11.4. The normalized spacial score (nSPS) is 27.7. The Labute approximate surface area is 106 Å². The molecule has 0 aromatic rings. The van der Waals surface area contributed by atoms with Crippen molar-refractivity contribution in [3.63, 3.8) is 0 Å². The maximum atomic E-state index is 5.48. The van der Waals surface area contributed by atoms with Gasteiger partial charge in [-0.05, 0) is 52.2 Å². The fraction of sp³-hybridized carbons (Fsp3) is 1.00. The summed E-state index contributed by atoms with van der Waals surface area (Å²) in [6.45, 7) is 10.2. The number of likely N-dealkylation sites (tertiary alicyclic amines) is 2. The van der Waals surface area contributed by atoms with Gasteiger partial charge in [-0.2, -0.15) is 0 Å². The molecule has 0 bridgehead atoms. The molecule has 2 heterocycles. The van der Waals surface area contributed by atoms with Crippen molar-refractivity contribution in [1.82, 2.24) is 9.80 Å². The van der Waals surface area contributed by atoms with Crippen LogP contribution in [0.1, 0.15) is 39.0 Å². The molecule has 0 spiro atoms. The van der Waals surface area contributed by atoms with Gasteiger partial charge in [0.05, 0.1) is 6.61 Å². The highest BCUT2D eigenvalue weighted by atomic mass is 16.5. The SMILES string of the molecule is CCOCCN1CCCC1CN1CCCCC1. The smallest absolute Gasteiger partial charge is 0.0593 e. The third kappa shape index (κ3) is 4.23. The Morgan fingerprint density at radius 1 is 1.06 bits per heavy atom. The van der Waals surface area contributed by atoms with Gasteiger partial charge in [-0.1, -0.05) is 6.42 Å². The molecule has 1 unspecified atom stereocenters. The van der Waals surface area contributed by atoms with Crippen LogP contribution in [0.15, 0.2) is 0 Å². The lowest BCUT2D eigenvalue weighted by Crippen LogP contribution is -2.43. The summed E-state index contributed by atoms with van der Waals surface area (Å²) in [7, 11) is 0. The third-order valence-electron chi connectivity index (χ3n) is 4.14. The van der Waals surface area contributed by atoms with Gasteiger partial charge in [0.1, 0.15) is 0 Å². The molecule has 0 amide bonds. The van der Waals surface area contributed by atoms with Gasteiger partial charge in [-0.15, -0.1) is 0 Å². The van der Waals surface area contributed by atoms with Crippen molar-refractivity contribution in [3.05, 3.63) is 0 Å². The van der Waals surface area contributed by atoms with Gasteiger partial charge in [0.15, 0.2) is 0 Å². The van der Waals surface area contributed by atoms with Gasteiger partial charge < -0.3 is 9.64 Å². The summed E-state index contributed by atoms with van der Waals surface area (Å²) < 4.78 is 5.48. The molecule has 0 saturated carbocycles. The van der Waals surface area contributed by atoms with Crippen LogP contribution >= 0.6 is 0 Å². The van der Waals surface area contributed by atoms with Crippen LogP contribution in [-0.4, -0.2) is 61.8 Å². The molecular formula is C14H28N2O. The molecule has 0 N–H and O–H groups in total. The number of hydrogen-bond acceptors (Lipinski definition) is 3. The monoisotopic (exact) mass is 240 g/mol. The summed E-state index contributed by atoms with van der Waals surface area (Å²) in [6.07, 6.45) is 7.03. The van der Waals surface area contributed by atoms with Gasteiger partial charge in [0.25, 0.3) is 0 Å². The van der Waals surface area contributed by atoms with E-state index in [1.165, 1.54) is 58.3 Å². The first kappa shape index (κ1) is 13.3. The third-order valence-corrected chi connectivity index (χ3v) is 4.14. The van der Waals surface area contributed by atoms with E-state index in [1.807, 2.05) is 0 Å². The van der Waals surface area contributed by atoms with E-state index in [2.05, 4.69) is 16.7 Å². The van der Waals surface area contributed by atoms with E-state index in [4.69, 9.17) is 4.74 Å². The van der Waals surface area contributed by atoms with Crippen LogP contribution in [0.25, 0.3) is 0 Å². The second kappa shape index (κ2) is 7.34. The largest absolute Gasteiger partial charge is 0.380 e. The lowest BCUT2D eigenvalue weighted by molar-refractivity contribution is 0.0940. The van der Waals surface area contributed by atoms with Crippen molar-refractivity contribution in [1.29, 1.82) is 0 Å². The molecule has 0 aliphatic carbocycles. The van der Waals surface area contributed by atoms with Gasteiger partial charge in [-0.3, -0.25) is 4.90 Å². The summed E-state index contributed by atoms with van der Waals surface area (Å²) >= 11 is 0. The standard InChI is InChI=1S/C14H28N2O/c1-2-17-12-11-16-10-6-7-14(16)13-15-8-4-3-5-9-15/h14H,2-13H2,1H3. The average Bonchev–Trinajstić information content (AvgIpc) is 2.79. The van der Waals surface area contributed by atoms with Crippen molar-refractivity contribution in [2.75, 3.05) is 45.9 Å². The molecule has 100 valence electrons. The number of piperidine rings is 1. The Morgan fingerprint density at radius 2 is 1.88 bits per heavy atom. The molecular weight excluding hydrogens is 212 g/mol. The molecule has 0 aromatic heterocycles. The van der Waals surface area contributed by atoms with Crippen molar-refractivity contribution in [2.24, 2.45) is 0 Å². The van der Waals surface area contributed by atoms with Crippen LogP contribution in [0.5, 0.6) is 0 Å². The minimum atomic E-state index is 0.800. The van der Waals surface area contributed by atoms with Gasteiger partial charge in [0, 0.05) is 25.7 Å². The van der Waals surface area contributed by atoms with Gasteiger partial charge in [0.2, 0.25) is 0 Å². The molecule has 3 nitrogen and oxygen atoms in total. The summed E-state index contributed by atoms with van der Waals surface area (Å²) in [4.78, 5) is 5.32. The summed E-state index contributed by atoms with van der Waals surface area (Å²) in [5.74, 6) is 0. The minimum absolute atomic E-state index is 0.800. The molecule has 2 fully saturated rings. The molecule has 3 heteroatoms. The maximum Gasteiger partial charge on any atom is 0.0593 e. The Kier molecular flexibility index (Phi) is 5.75. The number of hydrogen-bond donors (Lipinski definition) is 0. The lowest BCUT2D eigenvalue weighted by atomic mass is 10.1. The van der Waals surface area contributed by atoms with Crippen LogP contribution in [0.2, 0.25) is 0 Å². The van der Waals surface area contributed by atoms with E-state index in [0.29, 0.717) is 0 Å². The van der Waals surface area contributed by atoms with E-state index >= 15 is 0 Å². The van der Waals surface area contributed by atoms with Crippen molar-refractivity contribution < 1.29 is 4.74 Å². The van der Waals surface area contributed by atoms with Crippen LogP contribution in [0.4, 0.5) is 0 Å². The van der Waals surface area contributed by atoms with Crippen LogP contribution in [0.3, 0.4) is 0 Å². The van der Waals surface area contributed by atoms with E-state index in [0.717, 1.165) is 25.8 Å². The number of nitrogens with zero attached hydrogens (tertiary/aromatic N) is 2. The van der Waals surface area contributed by atoms with E-state index in [-0.39, 0.29) is 0 Å². The maximum absolute atomic E-state index is 5.48. The second-order valence-electron chi connectivity index (χ2n) is 5.39. The van der Waals surface area contributed by atoms with E-state index in [1.54, 1.807) is 0 Å². The molecule has 0 radical (unpaired) electrons. The zero-order valence-electron chi connectivity index (χ0n) is 11.4. The Bertz CT molecular complexity index is 204. The molecule has 2 aliphatic rings. The van der Waals surface area contributed by atoms with Crippen LogP contribution in [-0.2, 0) is 4.74 Å². The first-order valence-electron chi connectivity index (χ1n) is 7.44. The first-order valence-corrected chi connectivity index (χ1v) is 7.44. The predicted molar refractivity (Wildman–Crippen MR) is 71.4 cm³/mol. The fourth-order valence-electron chi connectivity index (χ4n) is 3.16. The van der Waals surface area contributed by atoms with Crippen LogP contribution in [0, 0.1) is 0 Å². The highest BCUT2D eigenvalue weighted by Gasteiger charge is 2.26. The Balaban J connectivity index is 1.70. The molecule has 1 atom stereocenters.